The molecule has 0 saturated carbocycles. The molecule has 0 atom stereocenters. The summed E-state index contributed by atoms with van der Waals surface area (Å²) in [6.45, 7) is -0.128. The number of nitrogens with one attached hydrogen (secondary N) is 1. The van der Waals surface area contributed by atoms with E-state index < -0.39 is 17.2 Å². The van der Waals surface area contributed by atoms with Crippen LogP contribution < -0.4 is 10.1 Å². The van der Waals surface area contributed by atoms with Crippen LogP contribution in [-0.4, -0.2) is 26.7 Å². The summed E-state index contributed by atoms with van der Waals surface area (Å²) in [6, 6.07) is 9.48. The van der Waals surface area contributed by atoms with Crippen LogP contribution in [0, 0.1) is 10.1 Å². The Bertz CT molecular complexity index is 1020. The van der Waals surface area contributed by atoms with E-state index in [4.69, 9.17) is 0 Å². The summed E-state index contributed by atoms with van der Waals surface area (Å²) in [5.41, 5.74) is 1.02. The molecule has 11 heteroatoms. The third-order valence-electron chi connectivity index (χ3n) is 3.77. The molecule has 0 bridgehead atoms. The number of nitro benzene ring substituents is 1. The number of nitro groups is 1. The minimum absolute atomic E-state index is 0.0693. The third kappa shape index (κ3) is 4.55. The Hall–Kier alpha value is -3.63. The van der Waals surface area contributed by atoms with Crippen LogP contribution in [0.3, 0.4) is 0 Å². The quantitative estimate of drug-likeness (QED) is 0.511. The van der Waals surface area contributed by atoms with E-state index in [9.17, 15) is 28.1 Å². The van der Waals surface area contributed by atoms with Crippen molar-refractivity contribution in [2.75, 3.05) is 0 Å². The Morgan fingerprint density at radius 2 is 1.93 bits per heavy atom. The number of benzene rings is 2. The predicted octanol–water partition coefficient (Wildman–Crippen LogP) is 3.16. The predicted molar refractivity (Wildman–Crippen MR) is 91.4 cm³/mol. The molecule has 0 spiro atoms. The minimum atomic E-state index is -4.77. The highest BCUT2D eigenvalue weighted by atomic mass is 19.4. The second-order valence-corrected chi connectivity index (χ2v) is 5.74. The smallest absolute Gasteiger partial charge is 0.406 e. The van der Waals surface area contributed by atoms with E-state index in [1.807, 2.05) is 0 Å². The van der Waals surface area contributed by atoms with E-state index in [0.717, 1.165) is 12.1 Å². The van der Waals surface area contributed by atoms with Crippen molar-refractivity contribution in [3.63, 3.8) is 0 Å². The van der Waals surface area contributed by atoms with Gasteiger partial charge in [0.05, 0.1) is 16.8 Å². The van der Waals surface area contributed by atoms with Crippen molar-refractivity contribution in [3.05, 3.63) is 64.5 Å². The zero-order valence-electron chi connectivity index (χ0n) is 14.1. The number of para-hydroxylation sites is 1. The second kappa shape index (κ2) is 7.55. The van der Waals surface area contributed by atoms with Gasteiger partial charge in [-0.15, -0.1) is 13.2 Å². The van der Waals surface area contributed by atoms with Gasteiger partial charge in [-0.3, -0.25) is 14.9 Å². The molecule has 0 saturated heterocycles. The van der Waals surface area contributed by atoms with Crippen molar-refractivity contribution in [2.24, 2.45) is 0 Å². The van der Waals surface area contributed by atoms with Crippen molar-refractivity contribution in [1.82, 2.24) is 14.9 Å². The lowest BCUT2D eigenvalue weighted by atomic mass is 10.2. The van der Waals surface area contributed by atoms with Crippen LogP contribution in [0.5, 0.6) is 5.75 Å². The number of hydrogen-bond acceptors (Lipinski definition) is 5. The first-order chi connectivity index (χ1) is 13.2. The van der Waals surface area contributed by atoms with Gasteiger partial charge in [-0.25, -0.2) is 4.98 Å². The summed E-state index contributed by atoms with van der Waals surface area (Å²) in [6.07, 6.45) is -3.44. The van der Waals surface area contributed by atoms with Gasteiger partial charge in [0.2, 0.25) is 5.91 Å². The van der Waals surface area contributed by atoms with Gasteiger partial charge >= 0.3 is 6.36 Å². The maximum absolute atomic E-state index is 12.2. The van der Waals surface area contributed by atoms with Gasteiger partial charge in [0.1, 0.15) is 17.8 Å². The first-order valence-corrected chi connectivity index (χ1v) is 7.92. The average Bonchev–Trinajstić information content (AvgIpc) is 3.02. The number of carbonyl (C=O) groups excluding carboxylic acids is 1. The maximum Gasteiger partial charge on any atom is 0.573 e. The molecule has 0 aliphatic heterocycles. The SMILES string of the molecule is O=C(Cn1cnc2cccc([N+](=O)[O-])c21)NCc1ccc(OC(F)(F)F)cc1. The highest BCUT2D eigenvalue weighted by Crippen LogP contribution is 2.25. The molecule has 28 heavy (non-hydrogen) atoms. The summed E-state index contributed by atoms with van der Waals surface area (Å²) < 4.78 is 41.5. The Labute approximate surface area is 155 Å². The lowest BCUT2D eigenvalue weighted by Crippen LogP contribution is -2.27. The van der Waals surface area contributed by atoms with Crippen LogP contribution in [-0.2, 0) is 17.9 Å². The molecular formula is C17H13F3N4O4. The number of hydrogen-bond donors (Lipinski definition) is 1. The highest BCUT2D eigenvalue weighted by Gasteiger charge is 2.30. The largest absolute Gasteiger partial charge is 0.573 e. The number of halogens is 3. The molecule has 0 unspecified atom stereocenters. The number of carbonyl (C=O) groups is 1. The maximum atomic E-state index is 12.2. The summed E-state index contributed by atoms with van der Waals surface area (Å²) in [5, 5.41) is 13.8. The molecule has 0 aliphatic carbocycles. The number of rotatable bonds is 6. The van der Waals surface area contributed by atoms with E-state index >= 15 is 0 Å². The van der Waals surface area contributed by atoms with Crippen molar-refractivity contribution in [3.8, 4) is 5.75 Å². The second-order valence-electron chi connectivity index (χ2n) is 5.74. The zero-order valence-corrected chi connectivity index (χ0v) is 14.1. The van der Waals surface area contributed by atoms with Crippen LogP contribution in [0.25, 0.3) is 11.0 Å². The molecule has 0 fully saturated rings. The first-order valence-electron chi connectivity index (χ1n) is 7.92. The van der Waals surface area contributed by atoms with E-state index in [2.05, 4.69) is 15.0 Å². The molecule has 8 nitrogen and oxygen atoms in total. The molecular weight excluding hydrogens is 381 g/mol. The Morgan fingerprint density at radius 1 is 1.21 bits per heavy atom. The Morgan fingerprint density at radius 3 is 2.57 bits per heavy atom. The summed E-state index contributed by atoms with van der Waals surface area (Å²) in [5.74, 6) is -0.798. The number of ether oxygens (including phenoxy) is 1. The number of alkyl halides is 3. The fourth-order valence-corrected chi connectivity index (χ4v) is 2.60. The molecule has 3 aromatic rings. The van der Waals surface area contributed by atoms with Crippen LogP contribution in [0.1, 0.15) is 5.56 Å². The van der Waals surface area contributed by atoms with Gasteiger partial charge in [0, 0.05) is 12.6 Å². The van der Waals surface area contributed by atoms with E-state index in [1.165, 1.54) is 35.2 Å². The fraction of sp³-hybridized carbons (Fsp3) is 0.176. The number of amides is 1. The number of fused-ring (bicyclic) bond motifs is 1. The molecule has 3 rings (SSSR count). The molecule has 1 heterocycles. The minimum Gasteiger partial charge on any atom is -0.406 e. The van der Waals surface area contributed by atoms with Gasteiger partial charge < -0.3 is 14.6 Å². The van der Waals surface area contributed by atoms with Crippen LogP contribution in [0.15, 0.2) is 48.8 Å². The van der Waals surface area contributed by atoms with Crippen molar-refractivity contribution in [2.45, 2.75) is 19.5 Å². The van der Waals surface area contributed by atoms with E-state index in [1.54, 1.807) is 6.07 Å². The van der Waals surface area contributed by atoms with Gasteiger partial charge in [-0.05, 0) is 23.8 Å². The van der Waals surface area contributed by atoms with Gasteiger partial charge in [0.15, 0.2) is 0 Å². The highest BCUT2D eigenvalue weighted by molar-refractivity contribution is 5.86. The summed E-state index contributed by atoms with van der Waals surface area (Å²) in [4.78, 5) is 26.8. The first kappa shape index (κ1) is 19.1. The molecule has 1 amide bonds. The van der Waals surface area contributed by atoms with Crippen molar-refractivity contribution < 1.29 is 27.6 Å². The molecule has 2 aromatic carbocycles. The number of imidazole rings is 1. The summed E-state index contributed by atoms with van der Waals surface area (Å²) in [7, 11) is 0. The molecule has 0 aliphatic rings. The molecule has 146 valence electrons. The van der Waals surface area contributed by atoms with Gasteiger partial charge in [0.25, 0.3) is 5.69 Å². The number of nitrogens with zero attached hydrogens (tertiary/aromatic N) is 3. The molecule has 0 radical (unpaired) electrons. The standard InChI is InChI=1S/C17H13F3N4O4/c18-17(19,20)28-12-6-4-11(5-7-12)8-21-15(25)9-23-10-22-13-2-1-3-14(16(13)23)24(26)27/h1-7,10H,8-9H2,(H,21,25). The third-order valence-corrected chi connectivity index (χ3v) is 3.77. The lowest BCUT2D eigenvalue weighted by molar-refractivity contribution is -0.383. The topological polar surface area (TPSA) is 99.3 Å². The number of aromatic nitrogens is 2. The molecule has 1 N–H and O–H groups in total. The summed E-state index contributed by atoms with van der Waals surface area (Å²) >= 11 is 0. The Kier molecular flexibility index (Phi) is 5.16. The van der Waals surface area contributed by atoms with Crippen LogP contribution in [0.4, 0.5) is 18.9 Å². The Balaban J connectivity index is 1.64. The van der Waals surface area contributed by atoms with Crippen LogP contribution in [0.2, 0.25) is 0 Å². The van der Waals surface area contributed by atoms with Crippen molar-refractivity contribution in [1.29, 1.82) is 0 Å². The number of non-ortho nitro benzene ring substituents is 1. The van der Waals surface area contributed by atoms with E-state index in [-0.39, 0.29) is 30.0 Å². The van der Waals surface area contributed by atoms with Gasteiger partial charge in [-0.1, -0.05) is 18.2 Å². The normalized spacial score (nSPS) is 11.4. The monoisotopic (exact) mass is 394 g/mol. The van der Waals surface area contributed by atoms with E-state index in [0.29, 0.717) is 11.1 Å². The lowest BCUT2D eigenvalue weighted by Gasteiger charge is -2.10. The zero-order chi connectivity index (χ0) is 20.3. The van der Waals surface area contributed by atoms with Gasteiger partial charge in [-0.2, -0.15) is 0 Å². The fourth-order valence-electron chi connectivity index (χ4n) is 2.60. The molecule has 1 aromatic heterocycles. The van der Waals surface area contributed by atoms with Crippen molar-refractivity contribution >= 4 is 22.6 Å². The van der Waals surface area contributed by atoms with Crippen LogP contribution >= 0.6 is 0 Å². The average molecular weight is 394 g/mol.